The predicted molar refractivity (Wildman–Crippen MR) is 158 cm³/mol. The topological polar surface area (TPSA) is 238 Å². The summed E-state index contributed by atoms with van der Waals surface area (Å²) in [5.41, 5.74) is 0. The molecule has 0 radical (unpaired) electrons. The van der Waals surface area contributed by atoms with Gasteiger partial charge in [-0.1, -0.05) is 77.0 Å². The van der Waals surface area contributed by atoms with Crippen LogP contribution in [0.5, 0.6) is 0 Å². The van der Waals surface area contributed by atoms with E-state index in [0.29, 0.717) is 12.8 Å². The van der Waals surface area contributed by atoms with E-state index in [4.69, 9.17) is 9.47 Å². The van der Waals surface area contributed by atoms with Crippen molar-refractivity contribution in [3.63, 3.8) is 0 Å². The van der Waals surface area contributed by atoms with Gasteiger partial charge in [0.1, 0.15) is 48.8 Å². The number of aliphatic hydroxyl groups is 8. The summed E-state index contributed by atoms with van der Waals surface area (Å²) in [7, 11) is 0. The molecule has 0 bridgehead atoms. The van der Waals surface area contributed by atoms with Crippen molar-refractivity contribution in [3.05, 3.63) is 0 Å². The van der Waals surface area contributed by atoms with Crippen molar-refractivity contribution >= 4 is 11.8 Å². The SMILES string of the molecule is O=C(CCCCCCCCCCCCCCCCC(=O)NC1O[C@H](CO)[C@@H](O)[C@H](O)[C@H]1O)NC1O[C@H](CO)[C@@H](O)[C@H](O)[C@H]1O. The molecule has 258 valence electrons. The Bertz CT molecular complexity index is 740. The quantitative estimate of drug-likeness (QED) is 0.0687. The molecule has 10 N–H and O–H groups in total. The highest BCUT2D eigenvalue weighted by Gasteiger charge is 2.45. The second-order valence-electron chi connectivity index (χ2n) is 12.1. The summed E-state index contributed by atoms with van der Waals surface area (Å²) < 4.78 is 10.6. The average Bonchev–Trinajstić information content (AvgIpc) is 3.01. The molecule has 10 atom stereocenters. The first-order valence-corrected chi connectivity index (χ1v) is 16.3. The Labute approximate surface area is 259 Å². The third kappa shape index (κ3) is 13.1. The molecular weight excluding hydrogens is 580 g/mol. The van der Waals surface area contributed by atoms with E-state index in [-0.39, 0.29) is 24.7 Å². The second kappa shape index (κ2) is 21.4. The number of rotatable bonds is 21. The van der Waals surface area contributed by atoms with E-state index in [2.05, 4.69) is 10.6 Å². The zero-order chi connectivity index (χ0) is 32.5. The lowest BCUT2D eigenvalue weighted by Gasteiger charge is -2.40. The minimum Gasteiger partial charge on any atom is -0.394 e. The molecule has 0 saturated carbocycles. The van der Waals surface area contributed by atoms with E-state index >= 15 is 0 Å². The Kier molecular flexibility index (Phi) is 18.8. The van der Waals surface area contributed by atoms with Crippen LogP contribution in [0.2, 0.25) is 0 Å². The number of hydrogen-bond acceptors (Lipinski definition) is 12. The molecule has 0 spiro atoms. The minimum absolute atomic E-state index is 0.268. The number of hydrogen-bond donors (Lipinski definition) is 10. The molecule has 44 heavy (non-hydrogen) atoms. The van der Waals surface area contributed by atoms with Crippen molar-refractivity contribution in [1.82, 2.24) is 10.6 Å². The summed E-state index contributed by atoms with van der Waals surface area (Å²) in [4.78, 5) is 24.3. The third-order valence-electron chi connectivity index (χ3n) is 8.45. The maximum Gasteiger partial charge on any atom is 0.222 e. The van der Waals surface area contributed by atoms with E-state index < -0.39 is 74.5 Å². The van der Waals surface area contributed by atoms with Gasteiger partial charge < -0.3 is 61.0 Å². The van der Waals surface area contributed by atoms with Gasteiger partial charge in [-0.05, 0) is 12.8 Å². The summed E-state index contributed by atoms with van der Waals surface area (Å²) in [5, 5.41) is 82.7. The molecule has 2 amide bonds. The zero-order valence-electron chi connectivity index (χ0n) is 25.7. The fourth-order valence-corrected chi connectivity index (χ4v) is 5.60. The number of unbranched alkanes of at least 4 members (excludes halogenated alkanes) is 13. The number of carbonyl (C=O) groups excluding carboxylic acids is 2. The molecule has 2 rings (SSSR count). The number of ether oxygens (including phenoxy) is 2. The second-order valence-corrected chi connectivity index (χ2v) is 12.1. The fourth-order valence-electron chi connectivity index (χ4n) is 5.60. The molecule has 0 aliphatic carbocycles. The van der Waals surface area contributed by atoms with Crippen LogP contribution in [0, 0.1) is 0 Å². The predicted octanol–water partition coefficient (Wildman–Crippen LogP) is -0.940. The molecule has 2 aliphatic rings. The van der Waals surface area contributed by atoms with E-state index in [1.165, 1.54) is 25.7 Å². The van der Waals surface area contributed by atoms with E-state index in [0.717, 1.165) is 51.4 Å². The Balaban J connectivity index is 1.36. The first-order chi connectivity index (χ1) is 21.1. The van der Waals surface area contributed by atoms with Crippen LogP contribution in [0.25, 0.3) is 0 Å². The standard InChI is InChI=1S/C30H56N2O12/c33-17-19-23(37)25(39)27(41)29(43-19)31-21(35)15-13-11-9-7-5-3-1-2-4-6-8-10-12-14-16-22(36)32-30-28(42)26(40)24(38)20(18-34)44-30/h19-20,23-30,33-34,37-42H,1-18H2,(H,31,35)(H,32,36)/t19-,20-,23-,24-,25+,26+,27-,28-,29?,30?/m1/s1. The van der Waals surface area contributed by atoms with Crippen molar-refractivity contribution in [2.45, 2.75) is 164 Å². The van der Waals surface area contributed by atoms with Crippen LogP contribution in [0.1, 0.15) is 103 Å². The Morgan fingerprint density at radius 1 is 0.432 bits per heavy atom. The van der Waals surface area contributed by atoms with Crippen LogP contribution in [-0.2, 0) is 19.1 Å². The number of aliphatic hydroxyl groups excluding tert-OH is 8. The first-order valence-electron chi connectivity index (χ1n) is 16.3. The molecule has 14 nitrogen and oxygen atoms in total. The third-order valence-corrected chi connectivity index (χ3v) is 8.45. The largest absolute Gasteiger partial charge is 0.394 e. The number of carbonyl (C=O) groups is 2. The highest BCUT2D eigenvalue weighted by molar-refractivity contribution is 5.76. The molecular formula is C30H56N2O12. The van der Waals surface area contributed by atoms with E-state index in [1.54, 1.807) is 0 Å². The normalized spacial score (nSPS) is 32.4. The van der Waals surface area contributed by atoms with Gasteiger partial charge in [0.25, 0.3) is 0 Å². The van der Waals surface area contributed by atoms with Gasteiger partial charge in [0.2, 0.25) is 11.8 Å². The first kappa shape index (κ1) is 38.7. The van der Waals surface area contributed by atoms with Gasteiger partial charge in [0, 0.05) is 12.8 Å². The van der Waals surface area contributed by atoms with E-state index in [1.807, 2.05) is 0 Å². The van der Waals surface area contributed by atoms with Gasteiger partial charge in [0.05, 0.1) is 13.2 Å². The van der Waals surface area contributed by atoms with Gasteiger partial charge >= 0.3 is 0 Å². The summed E-state index contributed by atoms with van der Waals surface area (Å²) in [6.45, 7) is -1.08. The molecule has 0 aromatic heterocycles. The van der Waals surface area contributed by atoms with Gasteiger partial charge in [-0.15, -0.1) is 0 Å². The average molecular weight is 637 g/mol. The highest BCUT2D eigenvalue weighted by Crippen LogP contribution is 2.21. The highest BCUT2D eigenvalue weighted by atomic mass is 16.6. The van der Waals surface area contributed by atoms with Gasteiger partial charge in [-0.2, -0.15) is 0 Å². The lowest BCUT2D eigenvalue weighted by atomic mass is 9.98. The summed E-state index contributed by atoms with van der Waals surface area (Å²) in [5.74, 6) is -0.627. The summed E-state index contributed by atoms with van der Waals surface area (Å²) in [6.07, 6.45) is 1.81. The van der Waals surface area contributed by atoms with Crippen molar-refractivity contribution < 1.29 is 59.9 Å². The minimum atomic E-state index is -1.51. The van der Waals surface area contributed by atoms with Crippen LogP contribution >= 0.6 is 0 Å². The molecule has 2 saturated heterocycles. The van der Waals surface area contributed by atoms with Crippen LogP contribution in [-0.4, -0.2) is 127 Å². The number of amides is 2. The van der Waals surface area contributed by atoms with Crippen molar-refractivity contribution in [2.75, 3.05) is 13.2 Å². The maximum absolute atomic E-state index is 12.2. The molecule has 2 unspecified atom stereocenters. The Hall–Kier alpha value is -1.46. The lowest BCUT2D eigenvalue weighted by Crippen LogP contribution is -2.63. The Morgan fingerprint density at radius 3 is 0.977 bits per heavy atom. The smallest absolute Gasteiger partial charge is 0.222 e. The summed E-state index contributed by atoms with van der Waals surface area (Å²) in [6, 6.07) is 0. The molecule has 2 heterocycles. The Morgan fingerprint density at radius 2 is 0.705 bits per heavy atom. The molecule has 14 heteroatoms. The molecule has 0 aromatic carbocycles. The fraction of sp³-hybridized carbons (Fsp3) is 0.933. The van der Waals surface area contributed by atoms with Gasteiger partial charge in [-0.25, -0.2) is 0 Å². The van der Waals surface area contributed by atoms with Crippen LogP contribution in [0.3, 0.4) is 0 Å². The van der Waals surface area contributed by atoms with Crippen LogP contribution in [0.4, 0.5) is 0 Å². The van der Waals surface area contributed by atoms with Gasteiger partial charge in [-0.3, -0.25) is 9.59 Å². The van der Waals surface area contributed by atoms with Crippen molar-refractivity contribution in [2.24, 2.45) is 0 Å². The summed E-state index contributed by atoms with van der Waals surface area (Å²) >= 11 is 0. The maximum atomic E-state index is 12.2. The van der Waals surface area contributed by atoms with Crippen LogP contribution < -0.4 is 10.6 Å². The molecule has 2 fully saturated rings. The monoisotopic (exact) mass is 636 g/mol. The van der Waals surface area contributed by atoms with E-state index in [9.17, 15) is 50.4 Å². The number of nitrogens with one attached hydrogen (secondary N) is 2. The van der Waals surface area contributed by atoms with Crippen LogP contribution in [0.15, 0.2) is 0 Å². The van der Waals surface area contributed by atoms with Crippen molar-refractivity contribution in [3.8, 4) is 0 Å². The molecule has 2 aliphatic heterocycles. The lowest BCUT2D eigenvalue weighted by molar-refractivity contribution is -0.236. The van der Waals surface area contributed by atoms with Crippen molar-refractivity contribution in [1.29, 1.82) is 0 Å². The van der Waals surface area contributed by atoms with Gasteiger partial charge in [0.15, 0.2) is 12.5 Å². The molecule has 0 aromatic rings. The zero-order valence-corrected chi connectivity index (χ0v) is 25.7.